The number of aliphatic imine (C=N–C) groups is 1. The monoisotopic (exact) mass is 277 g/mol. The molecule has 4 nitrogen and oxygen atoms in total. The molecule has 0 spiro atoms. The fraction of sp³-hybridized carbons (Fsp3) is 0.562. The third-order valence-corrected chi connectivity index (χ3v) is 2.60. The van der Waals surface area contributed by atoms with Gasteiger partial charge in [-0.25, -0.2) is 0 Å². The van der Waals surface area contributed by atoms with Crippen LogP contribution >= 0.6 is 0 Å². The van der Waals surface area contributed by atoms with E-state index >= 15 is 0 Å². The molecule has 0 aliphatic heterocycles. The molecule has 1 unspecified atom stereocenters. The van der Waals surface area contributed by atoms with Crippen LogP contribution in [-0.2, 0) is 0 Å². The lowest BCUT2D eigenvalue weighted by Crippen LogP contribution is -2.49. The second-order valence-electron chi connectivity index (χ2n) is 6.07. The summed E-state index contributed by atoms with van der Waals surface area (Å²) in [5, 5.41) is 6.59. The Morgan fingerprint density at radius 2 is 2.05 bits per heavy atom. The molecular weight excluding hydrogens is 250 g/mol. The molecule has 0 heterocycles. The van der Waals surface area contributed by atoms with Crippen LogP contribution in [0.1, 0.15) is 33.3 Å². The maximum absolute atomic E-state index is 5.87. The zero-order valence-electron chi connectivity index (χ0n) is 13.4. The molecule has 0 fully saturated rings. The molecule has 20 heavy (non-hydrogen) atoms. The van der Waals surface area contributed by atoms with Crippen LogP contribution in [0.25, 0.3) is 0 Å². The van der Waals surface area contributed by atoms with Crippen molar-refractivity contribution in [2.24, 2.45) is 4.99 Å². The second-order valence-corrected chi connectivity index (χ2v) is 6.07. The van der Waals surface area contributed by atoms with Gasteiger partial charge in [0.05, 0.1) is 6.54 Å². The van der Waals surface area contributed by atoms with Crippen LogP contribution in [0.15, 0.2) is 29.3 Å². The number of nitrogens with one attached hydrogen (secondary N) is 2. The molecule has 0 aliphatic carbocycles. The summed E-state index contributed by atoms with van der Waals surface area (Å²) in [6, 6.07) is 8.08. The van der Waals surface area contributed by atoms with Crippen molar-refractivity contribution in [1.29, 1.82) is 0 Å². The Kier molecular flexibility index (Phi) is 5.86. The number of hydrogen-bond donors (Lipinski definition) is 2. The molecule has 0 amide bonds. The van der Waals surface area contributed by atoms with Crippen molar-refractivity contribution in [3.63, 3.8) is 0 Å². The van der Waals surface area contributed by atoms with E-state index in [0.29, 0.717) is 6.54 Å². The lowest BCUT2D eigenvalue weighted by Gasteiger charge is -2.25. The van der Waals surface area contributed by atoms with Gasteiger partial charge >= 0.3 is 0 Å². The third kappa shape index (κ3) is 6.45. The van der Waals surface area contributed by atoms with E-state index in [1.807, 2.05) is 25.1 Å². The minimum Gasteiger partial charge on any atom is -0.489 e. The van der Waals surface area contributed by atoms with Crippen molar-refractivity contribution < 1.29 is 4.74 Å². The van der Waals surface area contributed by atoms with E-state index in [9.17, 15) is 0 Å². The van der Waals surface area contributed by atoms with E-state index in [1.54, 1.807) is 7.05 Å². The van der Waals surface area contributed by atoms with Crippen LogP contribution in [0.5, 0.6) is 5.75 Å². The van der Waals surface area contributed by atoms with Crippen molar-refractivity contribution in [3.05, 3.63) is 29.8 Å². The highest BCUT2D eigenvalue weighted by molar-refractivity contribution is 5.80. The molecule has 0 bridgehead atoms. The normalized spacial score (nSPS) is 13.8. The lowest BCUT2D eigenvalue weighted by molar-refractivity contribution is 0.223. The fourth-order valence-electron chi connectivity index (χ4n) is 1.74. The molecular formula is C16H27N3O. The summed E-state index contributed by atoms with van der Waals surface area (Å²) in [6.07, 6.45) is 0.0651. The highest BCUT2D eigenvalue weighted by Crippen LogP contribution is 2.13. The van der Waals surface area contributed by atoms with Crippen molar-refractivity contribution in [1.82, 2.24) is 10.6 Å². The Hall–Kier alpha value is -1.71. The molecule has 1 aromatic carbocycles. The van der Waals surface area contributed by atoms with Gasteiger partial charge in [0.1, 0.15) is 11.9 Å². The largest absolute Gasteiger partial charge is 0.489 e. The van der Waals surface area contributed by atoms with Gasteiger partial charge < -0.3 is 15.4 Å². The van der Waals surface area contributed by atoms with E-state index in [1.165, 1.54) is 5.56 Å². The number of ether oxygens (including phenoxy) is 1. The summed E-state index contributed by atoms with van der Waals surface area (Å²) >= 11 is 0. The number of benzene rings is 1. The van der Waals surface area contributed by atoms with Crippen LogP contribution in [0.4, 0.5) is 0 Å². The van der Waals surface area contributed by atoms with Gasteiger partial charge in [-0.15, -0.1) is 0 Å². The lowest BCUT2D eigenvalue weighted by atomic mass is 10.1. The Bertz CT molecular complexity index is 449. The van der Waals surface area contributed by atoms with Gasteiger partial charge in [-0.2, -0.15) is 0 Å². The average molecular weight is 277 g/mol. The molecule has 4 heteroatoms. The quantitative estimate of drug-likeness (QED) is 0.657. The molecule has 0 aliphatic rings. The summed E-state index contributed by atoms with van der Waals surface area (Å²) in [6.45, 7) is 11.1. The minimum absolute atomic E-state index is 0.0114. The van der Waals surface area contributed by atoms with Crippen LogP contribution in [0.2, 0.25) is 0 Å². The van der Waals surface area contributed by atoms with E-state index in [-0.39, 0.29) is 11.6 Å². The Morgan fingerprint density at radius 3 is 2.60 bits per heavy atom. The molecule has 2 N–H and O–H groups in total. The van der Waals surface area contributed by atoms with Crippen molar-refractivity contribution in [2.75, 3.05) is 13.6 Å². The number of rotatable bonds is 4. The Morgan fingerprint density at radius 1 is 1.35 bits per heavy atom. The van der Waals surface area contributed by atoms with E-state index in [2.05, 4.69) is 49.4 Å². The molecule has 0 saturated heterocycles. The number of hydrogen-bond acceptors (Lipinski definition) is 2. The van der Waals surface area contributed by atoms with Crippen LogP contribution in [0.3, 0.4) is 0 Å². The third-order valence-electron chi connectivity index (χ3n) is 2.60. The molecule has 0 radical (unpaired) electrons. The van der Waals surface area contributed by atoms with E-state index in [0.717, 1.165) is 11.7 Å². The summed E-state index contributed by atoms with van der Waals surface area (Å²) in [7, 11) is 1.77. The fourth-order valence-corrected chi connectivity index (χ4v) is 1.74. The number of aryl methyl sites for hydroxylation is 1. The molecule has 1 aromatic rings. The maximum Gasteiger partial charge on any atom is 0.191 e. The molecule has 1 rings (SSSR count). The standard InChI is InChI=1S/C16H27N3O/c1-12-8-7-9-14(10-12)20-13(2)11-18-15(17-6)19-16(3,4)5/h7-10,13H,11H2,1-6H3,(H2,17,18,19). The molecule has 0 saturated carbocycles. The van der Waals surface area contributed by atoms with Crippen molar-refractivity contribution >= 4 is 5.96 Å². The average Bonchev–Trinajstić information content (AvgIpc) is 2.33. The van der Waals surface area contributed by atoms with Crippen LogP contribution in [-0.4, -0.2) is 31.2 Å². The topological polar surface area (TPSA) is 45.7 Å². The first-order valence-electron chi connectivity index (χ1n) is 7.02. The smallest absolute Gasteiger partial charge is 0.191 e. The predicted molar refractivity (Wildman–Crippen MR) is 85.5 cm³/mol. The van der Waals surface area contributed by atoms with Crippen molar-refractivity contribution in [2.45, 2.75) is 46.3 Å². The maximum atomic E-state index is 5.87. The summed E-state index contributed by atoms with van der Waals surface area (Å²) < 4.78 is 5.87. The van der Waals surface area contributed by atoms with Crippen molar-refractivity contribution in [3.8, 4) is 5.75 Å². The summed E-state index contributed by atoms with van der Waals surface area (Å²) in [5.74, 6) is 1.69. The van der Waals surface area contributed by atoms with Gasteiger partial charge in [0.2, 0.25) is 0 Å². The summed E-state index contributed by atoms with van der Waals surface area (Å²) in [5.41, 5.74) is 1.19. The molecule has 1 atom stereocenters. The predicted octanol–water partition coefficient (Wildman–Crippen LogP) is 2.73. The second kappa shape index (κ2) is 7.17. The van der Waals surface area contributed by atoms with Gasteiger partial charge in [0, 0.05) is 12.6 Å². The first kappa shape index (κ1) is 16.3. The molecule has 0 aromatic heterocycles. The van der Waals surface area contributed by atoms with Crippen LogP contribution < -0.4 is 15.4 Å². The van der Waals surface area contributed by atoms with Gasteiger partial charge in [0.15, 0.2) is 5.96 Å². The summed E-state index contributed by atoms with van der Waals surface area (Å²) in [4.78, 5) is 4.21. The zero-order valence-corrected chi connectivity index (χ0v) is 13.4. The zero-order chi connectivity index (χ0) is 15.2. The Balaban J connectivity index is 2.44. The highest BCUT2D eigenvalue weighted by Gasteiger charge is 2.12. The first-order valence-corrected chi connectivity index (χ1v) is 7.02. The molecule has 112 valence electrons. The number of nitrogens with zero attached hydrogens (tertiary/aromatic N) is 1. The van der Waals surface area contributed by atoms with Gasteiger partial charge in [0.25, 0.3) is 0 Å². The first-order chi connectivity index (χ1) is 9.30. The van der Waals surface area contributed by atoms with E-state index < -0.39 is 0 Å². The number of guanidine groups is 1. The minimum atomic E-state index is -0.0114. The Labute approximate surface area is 122 Å². The van der Waals surface area contributed by atoms with Crippen LogP contribution in [0, 0.1) is 6.92 Å². The highest BCUT2D eigenvalue weighted by atomic mass is 16.5. The van der Waals surface area contributed by atoms with Gasteiger partial charge in [-0.3, -0.25) is 4.99 Å². The van der Waals surface area contributed by atoms with Gasteiger partial charge in [-0.1, -0.05) is 12.1 Å². The van der Waals surface area contributed by atoms with E-state index in [4.69, 9.17) is 4.74 Å². The SMILES string of the molecule is CN=C(NCC(C)Oc1cccc(C)c1)NC(C)(C)C. The van der Waals surface area contributed by atoms with Gasteiger partial charge in [-0.05, 0) is 52.3 Å².